The van der Waals surface area contributed by atoms with E-state index in [1.54, 1.807) is 0 Å². The molecule has 0 rings (SSSR count). The van der Waals surface area contributed by atoms with Crippen LogP contribution in [-0.2, 0) is 10.1 Å². The van der Waals surface area contributed by atoms with Crippen LogP contribution >= 0.6 is 0 Å². The number of hydrogen-bond acceptors (Lipinski definition) is 3. The molecule has 0 amide bonds. The van der Waals surface area contributed by atoms with Crippen LogP contribution in [0.5, 0.6) is 0 Å². The molecule has 0 bridgehead atoms. The zero-order chi connectivity index (χ0) is 20.8. The highest BCUT2D eigenvalue weighted by Gasteiger charge is 2.02. The second-order valence-electron chi connectivity index (χ2n) is 8.71. The standard InChI is InChI=1S/C24H50O3S.H3N/c1-2-3-4-5-6-7-8-9-10-11-12-13-14-15-16-17-18-19-20-21-22-23-24-28(25,26)27;/h2-24H2,1H3,(H,25,26,27);1H3. The van der Waals surface area contributed by atoms with Crippen LogP contribution in [0.4, 0.5) is 0 Å². The Kier molecular flexibility index (Phi) is 25.9. The number of hydrogen-bond donors (Lipinski definition) is 2. The van der Waals surface area contributed by atoms with Crippen LogP contribution in [0.25, 0.3) is 0 Å². The van der Waals surface area contributed by atoms with Crippen LogP contribution < -0.4 is 6.15 Å². The largest absolute Gasteiger partial charge is 0.344 e. The van der Waals surface area contributed by atoms with Gasteiger partial charge in [-0.15, -0.1) is 0 Å². The Morgan fingerprint density at radius 3 is 0.862 bits per heavy atom. The molecule has 0 spiro atoms. The van der Waals surface area contributed by atoms with Crippen molar-refractivity contribution < 1.29 is 13.0 Å². The van der Waals surface area contributed by atoms with Gasteiger partial charge in [-0.1, -0.05) is 142 Å². The SMILES string of the molecule is CCCCCCCCCCCCCCCCCCCCCCCCS(=O)(=O)O.N. The third kappa shape index (κ3) is 30.2. The van der Waals surface area contributed by atoms with E-state index in [0.717, 1.165) is 12.8 Å². The molecule has 0 aliphatic carbocycles. The zero-order valence-corrected chi connectivity index (χ0v) is 20.5. The predicted octanol–water partition coefficient (Wildman–Crippen LogP) is 8.64. The second kappa shape index (κ2) is 24.1. The summed E-state index contributed by atoms with van der Waals surface area (Å²) < 4.78 is 29.8. The molecule has 0 fully saturated rings. The van der Waals surface area contributed by atoms with Crippen molar-refractivity contribution in [2.45, 2.75) is 148 Å². The van der Waals surface area contributed by atoms with E-state index in [2.05, 4.69) is 6.92 Å². The molecule has 0 aliphatic rings. The molecule has 5 heteroatoms. The maximum Gasteiger partial charge on any atom is 0.264 e. The minimum atomic E-state index is -3.75. The average Bonchev–Trinajstić information content (AvgIpc) is 2.65. The van der Waals surface area contributed by atoms with Gasteiger partial charge < -0.3 is 6.15 Å². The van der Waals surface area contributed by atoms with Crippen LogP contribution in [0.2, 0.25) is 0 Å². The predicted molar refractivity (Wildman–Crippen MR) is 129 cm³/mol. The van der Waals surface area contributed by atoms with Crippen LogP contribution in [-0.4, -0.2) is 18.7 Å². The van der Waals surface area contributed by atoms with Crippen LogP contribution in [0.1, 0.15) is 148 Å². The van der Waals surface area contributed by atoms with Gasteiger partial charge in [0.1, 0.15) is 0 Å². The van der Waals surface area contributed by atoms with E-state index in [9.17, 15) is 8.42 Å². The van der Waals surface area contributed by atoms with E-state index in [4.69, 9.17) is 4.55 Å². The Hall–Kier alpha value is -0.130. The minimum absolute atomic E-state index is 0. The van der Waals surface area contributed by atoms with E-state index in [0.29, 0.717) is 6.42 Å². The molecule has 178 valence electrons. The second-order valence-corrected chi connectivity index (χ2v) is 10.3. The Morgan fingerprint density at radius 2 is 0.655 bits per heavy atom. The third-order valence-electron chi connectivity index (χ3n) is 5.76. The quantitative estimate of drug-likeness (QED) is 0.124. The van der Waals surface area contributed by atoms with E-state index in [1.165, 1.54) is 122 Å². The molecule has 4 nitrogen and oxygen atoms in total. The van der Waals surface area contributed by atoms with Crippen molar-refractivity contribution in [1.29, 1.82) is 0 Å². The average molecular weight is 436 g/mol. The van der Waals surface area contributed by atoms with Gasteiger partial charge in [0.05, 0.1) is 5.75 Å². The van der Waals surface area contributed by atoms with Crippen molar-refractivity contribution in [1.82, 2.24) is 6.15 Å². The molecule has 0 aromatic rings. The van der Waals surface area contributed by atoms with Crippen molar-refractivity contribution >= 4 is 10.1 Å². The topological polar surface area (TPSA) is 89.4 Å². The van der Waals surface area contributed by atoms with Crippen molar-refractivity contribution in [3.63, 3.8) is 0 Å². The molecule has 0 saturated heterocycles. The smallest absolute Gasteiger partial charge is 0.264 e. The van der Waals surface area contributed by atoms with Crippen molar-refractivity contribution in [3.05, 3.63) is 0 Å². The van der Waals surface area contributed by atoms with Gasteiger partial charge in [-0.05, 0) is 6.42 Å². The van der Waals surface area contributed by atoms with E-state index in [1.807, 2.05) is 0 Å². The molecular weight excluding hydrogens is 382 g/mol. The lowest BCUT2D eigenvalue weighted by Crippen LogP contribution is -2.03. The lowest BCUT2D eigenvalue weighted by atomic mass is 10.0. The van der Waals surface area contributed by atoms with Gasteiger partial charge in [-0.2, -0.15) is 8.42 Å². The fraction of sp³-hybridized carbons (Fsp3) is 1.00. The Balaban J connectivity index is 0. The minimum Gasteiger partial charge on any atom is -0.344 e. The van der Waals surface area contributed by atoms with E-state index >= 15 is 0 Å². The molecule has 0 radical (unpaired) electrons. The first-order valence-electron chi connectivity index (χ1n) is 12.5. The Labute approximate surface area is 183 Å². The van der Waals surface area contributed by atoms with Crippen LogP contribution in [0.3, 0.4) is 0 Å². The molecule has 0 atom stereocenters. The molecule has 0 aromatic heterocycles. The maximum absolute atomic E-state index is 10.6. The Bertz CT molecular complexity index is 399. The van der Waals surface area contributed by atoms with E-state index < -0.39 is 10.1 Å². The molecule has 0 heterocycles. The summed E-state index contributed by atoms with van der Waals surface area (Å²) in [6.45, 7) is 2.28. The van der Waals surface area contributed by atoms with Crippen molar-refractivity contribution in [2.24, 2.45) is 0 Å². The zero-order valence-electron chi connectivity index (χ0n) is 19.6. The first-order chi connectivity index (χ1) is 13.6. The summed E-state index contributed by atoms with van der Waals surface area (Å²) in [6.07, 6.45) is 29.1. The first kappa shape index (κ1) is 31.1. The van der Waals surface area contributed by atoms with Crippen LogP contribution in [0, 0.1) is 0 Å². The van der Waals surface area contributed by atoms with Gasteiger partial charge >= 0.3 is 0 Å². The summed E-state index contributed by atoms with van der Waals surface area (Å²) in [4.78, 5) is 0. The first-order valence-corrected chi connectivity index (χ1v) is 14.1. The fourth-order valence-corrected chi connectivity index (χ4v) is 4.46. The molecule has 0 saturated carbocycles. The lowest BCUT2D eigenvalue weighted by molar-refractivity contribution is 0.478. The summed E-state index contributed by atoms with van der Waals surface area (Å²) >= 11 is 0. The summed E-state index contributed by atoms with van der Waals surface area (Å²) in [5.74, 6) is -0.0773. The van der Waals surface area contributed by atoms with Crippen molar-refractivity contribution in [2.75, 3.05) is 5.75 Å². The monoisotopic (exact) mass is 435 g/mol. The van der Waals surface area contributed by atoms with Gasteiger partial charge in [0.15, 0.2) is 0 Å². The van der Waals surface area contributed by atoms with Gasteiger partial charge in [0, 0.05) is 0 Å². The van der Waals surface area contributed by atoms with Gasteiger partial charge in [0.25, 0.3) is 10.1 Å². The molecule has 29 heavy (non-hydrogen) atoms. The molecule has 4 N–H and O–H groups in total. The fourth-order valence-electron chi connectivity index (χ4n) is 3.89. The molecular formula is C24H53NO3S. The van der Waals surface area contributed by atoms with Crippen molar-refractivity contribution in [3.8, 4) is 0 Å². The summed E-state index contributed by atoms with van der Waals surface area (Å²) in [5, 5.41) is 0. The lowest BCUT2D eigenvalue weighted by Gasteiger charge is -2.04. The van der Waals surface area contributed by atoms with Gasteiger partial charge in [0.2, 0.25) is 0 Å². The normalized spacial score (nSPS) is 11.5. The molecule has 0 aromatic carbocycles. The maximum atomic E-state index is 10.6. The highest BCUT2D eigenvalue weighted by molar-refractivity contribution is 7.85. The summed E-state index contributed by atoms with van der Waals surface area (Å²) in [6, 6.07) is 0. The molecule has 0 aliphatic heterocycles. The summed E-state index contributed by atoms with van der Waals surface area (Å²) in [7, 11) is -3.75. The highest BCUT2D eigenvalue weighted by atomic mass is 32.2. The number of unbranched alkanes of at least 4 members (excludes halogenated alkanes) is 21. The van der Waals surface area contributed by atoms with E-state index in [-0.39, 0.29) is 11.9 Å². The highest BCUT2D eigenvalue weighted by Crippen LogP contribution is 2.15. The molecule has 0 unspecified atom stereocenters. The Morgan fingerprint density at radius 1 is 0.448 bits per heavy atom. The van der Waals surface area contributed by atoms with Crippen LogP contribution in [0.15, 0.2) is 0 Å². The van der Waals surface area contributed by atoms with Gasteiger partial charge in [-0.3, -0.25) is 4.55 Å². The number of rotatable bonds is 23. The van der Waals surface area contributed by atoms with Gasteiger partial charge in [-0.25, -0.2) is 0 Å². The third-order valence-corrected chi connectivity index (χ3v) is 6.56. The summed E-state index contributed by atoms with van der Waals surface area (Å²) in [5.41, 5.74) is 0.